The van der Waals surface area contributed by atoms with Crippen LogP contribution >= 0.6 is 0 Å². The maximum atomic E-state index is 3.39. The molecule has 3 nitrogen and oxygen atoms in total. The molecule has 1 aliphatic rings. The number of aryl methyl sites for hydroxylation is 2. The van der Waals surface area contributed by atoms with Crippen LogP contribution in [0, 0.1) is 13.8 Å². The molecule has 0 bridgehead atoms. The summed E-state index contributed by atoms with van der Waals surface area (Å²) in [5.41, 5.74) is 4.20. The number of piperazine rings is 1. The zero-order valence-corrected chi connectivity index (χ0v) is 11.9. The molecule has 0 aromatic heterocycles. The maximum Gasteiger partial charge on any atom is 0.0507 e. The second-order valence-corrected chi connectivity index (χ2v) is 5.45. The summed E-state index contributed by atoms with van der Waals surface area (Å²) in [6, 6.07) is 6.74. The molecule has 1 aromatic rings. The zero-order chi connectivity index (χ0) is 13.0. The van der Waals surface area contributed by atoms with Crippen molar-refractivity contribution in [3.63, 3.8) is 0 Å². The Kier molecular flexibility index (Phi) is 4.75. The van der Waals surface area contributed by atoms with Gasteiger partial charge in [0.1, 0.15) is 0 Å². The Morgan fingerprint density at radius 1 is 1.22 bits per heavy atom. The van der Waals surface area contributed by atoms with E-state index in [9.17, 15) is 0 Å². The Morgan fingerprint density at radius 3 is 2.61 bits per heavy atom. The smallest absolute Gasteiger partial charge is 0.0507 e. The summed E-state index contributed by atoms with van der Waals surface area (Å²) in [7, 11) is 2.21. The summed E-state index contributed by atoms with van der Waals surface area (Å²) in [5, 5.41) is 3.39. The number of hydrogen-bond acceptors (Lipinski definition) is 3. The molecule has 0 spiro atoms. The van der Waals surface area contributed by atoms with E-state index in [1.54, 1.807) is 0 Å². The molecular formula is C15H25N3. The van der Waals surface area contributed by atoms with Gasteiger partial charge in [0.25, 0.3) is 0 Å². The molecule has 1 aromatic carbocycles. The molecule has 1 heterocycles. The van der Waals surface area contributed by atoms with Gasteiger partial charge in [0.15, 0.2) is 0 Å². The van der Waals surface area contributed by atoms with Crippen molar-refractivity contribution in [2.75, 3.05) is 39.9 Å². The molecule has 0 aliphatic carbocycles. The highest BCUT2D eigenvalue weighted by atomic mass is 15.3. The third-order valence-corrected chi connectivity index (χ3v) is 3.59. The van der Waals surface area contributed by atoms with Gasteiger partial charge in [0.05, 0.1) is 6.67 Å². The van der Waals surface area contributed by atoms with Crippen molar-refractivity contribution in [3.05, 3.63) is 34.9 Å². The van der Waals surface area contributed by atoms with Crippen LogP contribution in [-0.4, -0.2) is 49.7 Å². The summed E-state index contributed by atoms with van der Waals surface area (Å²) in [4.78, 5) is 4.92. The summed E-state index contributed by atoms with van der Waals surface area (Å²) in [5.74, 6) is 0. The fourth-order valence-corrected chi connectivity index (χ4v) is 2.56. The topological polar surface area (TPSA) is 18.5 Å². The van der Waals surface area contributed by atoms with Gasteiger partial charge in [-0.05, 0) is 32.0 Å². The largest absolute Gasteiger partial charge is 0.314 e. The molecule has 1 fully saturated rings. The lowest BCUT2D eigenvalue weighted by atomic mass is 10.1. The minimum Gasteiger partial charge on any atom is -0.314 e. The molecule has 18 heavy (non-hydrogen) atoms. The van der Waals surface area contributed by atoms with Gasteiger partial charge < -0.3 is 5.32 Å². The number of benzene rings is 1. The zero-order valence-electron chi connectivity index (χ0n) is 11.9. The van der Waals surface area contributed by atoms with Crippen LogP contribution < -0.4 is 5.32 Å². The predicted molar refractivity (Wildman–Crippen MR) is 76.7 cm³/mol. The van der Waals surface area contributed by atoms with Crippen molar-refractivity contribution in [2.45, 2.75) is 20.4 Å². The van der Waals surface area contributed by atoms with Gasteiger partial charge in [-0.1, -0.05) is 23.8 Å². The van der Waals surface area contributed by atoms with Crippen molar-refractivity contribution >= 4 is 0 Å². The van der Waals surface area contributed by atoms with E-state index in [1.807, 2.05) is 0 Å². The lowest BCUT2D eigenvalue weighted by Gasteiger charge is -2.31. The lowest BCUT2D eigenvalue weighted by Crippen LogP contribution is -2.47. The first-order valence-electron chi connectivity index (χ1n) is 6.83. The van der Waals surface area contributed by atoms with Crippen molar-refractivity contribution in [1.29, 1.82) is 0 Å². The fraction of sp³-hybridized carbons (Fsp3) is 0.600. The molecule has 2 rings (SSSR count). The lowest BCUT2D eigenvalue weighted by molar-refractivity contribution is 0.135. The van der Waals surface area contributed by atoms with Crippen LogP contribution in [0.2, 0.25) is 0 Å². The van der Waals surface area contributed by atoms with Crippen LogP contribution in [-0.2, 0) is 6.54 Å². The standard InChI is InChI=1S/C15H25N3/c1-13-4-5-15(14(2)10-13)11-17(3)12-18-8-6-16-7-9-18/h4-5,10,16H,6-9,11-12H2,1-3H3. The van der Waals surface area contributed by atoms with Crippen LogP contribution in [0.25, 0.3) is 0 Å². The van der Waals surface area contributed by atoms with Crippen LogP contribution in [0.15, 0.2) is 18.2 Å². The van der Waals surface area contributed by atoms with Gasteiger partial charge in [0.2, 0.25) is 0 Å². The second-order valence-electron chi connectivity index (χ2n) is 5.45. The van der Waals surface area contributed by atoms with Crippen molar-refractivity contribution in [2.24, 2.45) is 0 Å². The molecule has 0 unspecified atom stereocenters. The number of nitrogens with zero attached hydrogens (tertiary/aromatic N) is 2. The van der Waals surface area contributed by atoms with Crippen molar-refractivity contribution in [1.82, 2.24) is 15.1 Å². The van der Waals surface area contributed by atoms with Gasteiger partial charge in [-0.25, -0.2) is 0 Å². The first-order chi connectivity index (χ1) is 8.65. The molecule has 1 N–H and O–H groups in total. The minimum absolute atomic E-state index is 1.04. The summed E-state index contributed by atoms with van der Waals surface area (Å²) >= 11 is 0. The maximum absolute atomic E-state index is 3.39. The Labute approximate surface area is 111 Å². The van der Waals surface area contributed by atoms with Crippen LogP contribution in [0.4, 0.5) is 0 Å². The molecular weight excluding hydrogens is 222 g/mol. The first kappa shape index (κ1) is 13.5. The van der Waals surface area contributed by atoms with Crippen LogP contribution in [0.5, 0.6) is 0 Å². The van der Waals surface area contributed by atoms with E-state index in [-0.39, 0.29) is 0 Å². The SMILES string of the molecule is Cc1ccc(CN(C)CN2CCNCC2)c(C)c1. The highest BCUT2D eigenvalue weighted by Gasteiger charge is 2.12. The number of rotatable bonds is 4. The molecule has 0 radical (unpaired) electrons. The molecule has 0 saturated carbocycles. The summed E-state index contributed by atoms with van der Waals surface area (Å²) < 4.78 is 0. The Bertz CT molecular complexity index is 383. The monoisotopic (exact) mass is 247 g/mol. The molecule has 100 valence electrons. The highest BCUT2D eigenvalue weighted by Crippen LogP contribution is 2.12. The van der Waals surface area contributed by atoms with E-state index in [0.717, 1.165) is 39.4 Å². The van der Waals surface area contributed by atoms with Gasteiger partial charge in [0, 0.05) is 32.7 Å². The first-order valence-corrected chi connectivity index (χ1v) is 6.83. The molecule has 3 heteroatoms. The van der Waals surface area contributed by atoms with Crippen LogP contribution in [0.1, 0.15) is 16.7 Å². The average Bonchev–Trinajstić information content (AvgIpc) is 2.34. The van der Waals surface area contributed by atoms with E-state index in [2.05, 4.69) is 54.2 Å². The van der Waals surface area contributed by atoms with Gasteiger partial charge >= 0.3 is 0 Å². The third kappa shape index (κ3) is 3.80. The quantitative estimate of drug-likeness (QED) is 0.872. The second kappa shape index (κ2) is 6.32. The van der Waals surface area contributed by atoms with E-state index < -0.39 is 0 Å². The molecule has 1 saturated heterocycles. The third-order valence-electron chi connectivity index (χ3n) is 3.59. The van der Waals surface area contributed by atoms with E-state index in [1.165, 1.54) is 16.7 Å². The van der Waals surface area contributed by atoms with Crippen molar-refractivity contribution in [3.8, 4) is 0 Å². The number of hydrogen-bond donors (Lipinski definition) is 1. The normalized spacial score (nSPS) is 17.3. The summed E-state index contributed by atoms with van der Waals surface area (Å²) in [6.45, 7) is 11.0. The summed E-state index contributed by atoms with van der Waals surface area (Å²) in [6.07, 6.45) is 0. The molecule has 0 amide bonds. The van der Waals surface area contributed by atoms with Gasteiger partial charge in [-0.2, -0.15) is 0 Å². The molecule has 1 aliphatic heterocycles. The predicted octanol–water partition coefficient (Wildman–Crippen LogP) is 1.60. The average molecular weight is 247 g/mol. The number of nitrogens with one attached hydrogen (secondary N) is 1. The molecule has 0 atom stereocenters. The minimum atomic E-state index is 1.04. The van der Waals surface area contributed by atoms with E-state index in [4.69, 9.17) is 0 Å². The van der Waals surface area contributed by atoms with E-state index in [0.29, 0.717) is 0 Å². The highest BCUT2D eigenvalue weighted by molar-refractivity contribution is 5.30. The van der Waals surface area contributed by atoms with Gasteiger partial charge in [-0.15, -0.1) is 0 Å². The Balaban J connectivity index is 1.87. The van der Waals surface area contributed by atoms with Crippen LogP contribution in [0.3, 0.4) is 0 Å². The van der Waals surface area contributed by atoms with E-state index >= 15 is 0 Å². The Morgan fingerprint density at radius 2 is 1.94 bits per heavy atom. The Hall–Kier alpha value is -0.900. The van der Waals surface area contributed by atoms with Gasteiger partial charge in [-0.3, -0.25) is 9.80 Å². The van der Waals surface area contributed by atoms with Crippen molar-refractivity contribution < 1.29 is 0 Å². The fourth-order valence-electron chi connectivity index (χ4n) is 2.56.